The number of ether oxygens (including phenoxy) is 1. The van der Waals surface area contributed by atoms with Crippen molar-refractivity contribution in [1.29, 1.82) is 0 Å². The maximum atomic E-state index is 12.9. The minimum absolute atomic E-state index is 0.0183. The van der Waals surface area contributed by atoms with Crippen LogP contribution in [-0.4, -0.2) is 66.7 Å². The number of hydrogen-bond donors (Lipinski definition) is 3. The first-order valence-corrected chi connectivity index (χ1v) is 11.1. The first-order valence-electron chi connectivity index (χ1n) is 11.1. The quantitative estimate of drug-likeness (QED) is 0.227. The zero-order valence-corrected chi connectivity index (χ0v) is 18.0. The number of nitrogens with one attached hydrogen (secondary N) is 2. The molecule has 8 nitrogen and oxygen atoms in total. The van der Waals surface area contributed by atoms with E-state index in [4.69, 9.17) is 4.74 Å². The second-order valence-electron chi connectivity index (χ2n) is 8.39. The van der Waals surface area contributed by atoms with Gasteiger partial charge in [0.15, 0.2) is 5.96 Å². The number of carbonyl (C=O) groups excluding carboxylic acids is 2. The van der Waals surface area contributed by atoms with E-state index in [0.29, 0.717) is 24.8 Å². The van der Waals surface area contributed by atoms with E-state index in [0.717, 1.165) is 6.42 Å². The van der Waals surface area contributed by atoms with Crippen molar-refractivity contribution in [3.63, 3.8) is 0 Å². The predicted molar refractivity (Wildman–Crippen MR) is 116 cm³/mol. The van der Waals surface area contributed by atoms with Crippen LogP contribution in [0.3, 0.4) is 0 Å². The van der Waals surface area contributed by atoms with Crippen molar-refractivity contribution in [2.24, 2.45) is 28.7 Å². The Morgan fingerprint density at radius 1 is 1.19 bits per heavy atom. The number of aliphatic hydroxyl groups is 1. The number of imide groups is 1. The lowest BCUT2D eigenvalue weighted by atomic mass is 9.85. The third-order valence-corrected chi connectivity index (χ3v) is 6.25. The van der Waals surface area contributed by atoms with Gasteiger partial charge in [0, 0.05) is 19.6 Å². The van der Waals surface area contributed by atoms with Crippen molar-refractivity contribution < 1.29 is 23.8 Å². The Bertz CT molecular complexity index is 874. The van der Waals surface area contributed by atoms with Gasteiger partial charge in [-0.05, 0) is 49.4 Å². The molecule has 5 atom stereocenters. The van der Waals surface area contributed by atoms with Gasteiger partial charge in [-0.15, -0.1) is 0 Å². The van der Waals surface area contributed by atoms with Gasteiger partial charge < -0.3 is 20.5 Å². The lowest BCUT2D eigenvalue weighted by Gasteiger charge is -2.19. The van der Waals surface area contributed by atoms with Gasteiger partial charge in [-0.25, -0.2) is 4.39 Å². The molecule has 1 aromatic carbocycles. The number of aliphatic imine (C=N–C) groups is 1. The van der Waals surface area contributed by atoms with E-state index < -0.39 is 6.10 Å². The van der Waals surface area contributed by atoms with Crippen LogP contribution in [0.25, 0.3) is 0 Å². The van der Waals surface area contributed by atoms with Crippen LogP contribution in [0.2, 0.25) is 0 Å². The summed E-state index contributed by atoms with van der Waals surface area (Å²) >= 11 is 0. The molecule has 2 bridgehead atoms. The van der Waals surface area contributed by atoms with E-state index in [-0.39, 0.29) is 61.0 Å². The van der Waals surface area contributed by atoms with Crippen LogP contribution in [0.15, 0.2) is 41.4 Å². The van der Waals surface area contributed by atoms with Gasteiger partial charge in [0.1, 0.15) is 24.3 Å². The third kappa shape index (κ3) is 4.62. The number of fused-ring (bicyclic) bond motifs is 5. The highest BCUT2D eigenvalue weighted by atomic mass is 19.1. The Labute approximate surface area is 186 Å². The van der Waals surface area contributed by atoms with Crippen LogP contribution in [-0.2, 0) is 9.59 Å². The zero-order chi connectivity index (χ0) is 22.7. The maximum absolute atomic E-state index is 12.9. The molecule has 32 heavy (non-hydrogen) atoms. The molecule has 1 saturated heterocycles. The summed E-state index contributed by atoms with van der Waals surface area (Å²) in [6.45, 7) is 3.30. The van der Waals surface area contributed by atoms with Crippen LogP contribution < -0.4 is 15.4 Å². The molecule has 0 spiro atoms. The number of allylic oxidation sites excluding steroid dienone is 2. The second kappa shape index (κ2) is 9.68. The molecule has 3 aliphatic rings. The lowest BCUT2D eigenvalue weighted by molar-refractivity contribution is -0.140. The number of amides is 2. The SMILES string of the molecule is CCNC(=NCC(O)COc1ccc(F)cc1)NCCN1C(=O)C2C3C=CC(C3)C2C1=O. The highest BCUT2D eigenvalue weighted by Gasteiger charge is 2.58. The number of hydrogen-bond acceptors (Lipinski definition) is 5. The number of carbonyl (C=O) groups is 2. The number of nitrogens with zero attached hydrogens (tertiary/aromatic N) is 2. The first kappa shape index (κ1) is 22.3. The van der Waals surface area contributed by atoms with Crippen molar-refractivity contribution >= 4 is 17.8 Å². The minimum Gasteiger partial charge on any atom is -0.491 e. The summed E-state index contributed by atoms with van der Waals surface area (Å²) in [5, 5.41) is 16.3. The Balaban J connectivity index is 1.23. The largest absolute Gasteiger partial charge is 0.491 e. The fourth-order valence-corrected chi connectivity index (χ4v) is 4.78. The average Bonchev–Trinajstić information content (AvgIpc) is 3.46. The molecule has 2 amide bonds. The highest BCUT2D eigenvalue weighted by Crippen LogP contribution is 2.52. The highest BCUT2D eigenvalue weighted by molar-refractivity contribution is 6.06. The molecule has 2 fully saturated rings. The second-order valence-corrected chi connectivity index (χ2v) is 8.39. The number of guanidine groups is 1. The predicted octanol–water partition coefficient (Wildman–Crippen LogP) is 0.928. The van der Waals surface area contributed by atoms with Gasteiger partial charge >= 0.3 is 0 Å². The number of benzene rings is 1. The van der Waals surface area contributed by atoms with E-state index >= 15 is 0 Å². The van der Waals surface area contributed by atoms with Crippen LogP contribution >= 0.6 is 0 Å². The third-order valence-electron chi connectivity index (χ3n) is 6.25. The normalized spacial score (nSPS) is 27.1. The van der Waals surface area contributed by atoms with Gasteiger partial charge in [-0.2, -0.15) is 0 Å². The summed E-state index contributed by atoms with van der Waals surface area (Å²) in [4.78, 5) is 31.2. The molecule has 9 heteroatoms. The van der Waals surface area contributed by atoms with Crippen LogP contribution in [0.4, 0.5) is 4.39 Å². The van der Waals surface area contributed by atoms with Gasteiger partial charge in [0.2, 0.25) is 11.8 Å². The Hall–Kier alpha value is -2.94. The molecule has 172 valence electrons. The number of likely N-dealkylation sites (tertiary alicyclic amines) is 1. The van der Waals surface area contributed by atoms with Gasteiger partial charge in [-0.3, -0.25) is 19.5 Å². The van der Waals surface area contributed by atoms with E-state index in [1.165, 1.54) is 29.2 Å². The first-order chi connectivity index (χ1) is 15.5. The van der Waals surface area contributed by atoms with Crippen LogP contribution in [0.5, 0.6) is 5.75 Å². The average molecular weight is 445 g/mol. The van der Waals surface area contributed by atoms with Crippen LogP contribution in [0, 0.1) is 29.5 Å². The van der Waals surface area contributed by atoms with E-state index in [1.54, 1.807) is 0 Å². The van der Waals surface area contributed by atoms with Crippen LogP contribution in [0.1, 0.15) is 13.3 Å². The lowest BCUT2D eigenvalue weighted by Crippen LogP contribution is -2.44. The van der Waals surface area contributed by atoms with Crippen molar-refractivity contribution in [1.82, 2.24) is 15.5 Å². The van der Waals surface area contributed by atoms with Gasteiger partial charge in [0.25, 0.3) is 0 Å². The number of rotatable bonds is 9. The van der Waals surface area contributed by atoms with Gasteiger partial charge in [-0.1, -0.05) is 12.2 Å². The monoisotopic (exact) mass is 444 g/mol. The summed E-state index contributed by atoms with van der Waals surface area (Å²) in [5.41, 5.74) is 0. The molecule has 0 aromatic heterocycles. The summed E-state index contributed by atoms with van der Waals surface area (Å²) < 4.78 is 18.4. The molecule has 1 saturated carbocycles. The summed E-state index contributed by atoms with van der Waals surface area (Å²) in [5.74, 6) is 0.513. The molecule has 0 radical (unpaired) electrons. The van der Waals surface area contributed by atoms with Gasteiger partial charge in [0.05, 0.1) is 18.4 Å². The number of halogens is 1. The molecule has 4 rings (SSSR count). The fourth-order valence-electron chi connectivity index (χ4n) is 4.78. The fraction of sp³-hybridized carbons (Fsp3) is 0.522. The van der Waals surface area contributed by atoms with E-state index in [1.807, 2.05) is 6.92 Å². The molecular weight excluding hydrogens is 415 g/mol. The smallest absolute Gasteiger partial charge is 0.233 e. The molecule has 1 aliphatic heterocycles. The molecule has 5 unspecified atom stereocenters. The topological polar surface area (TPSA) is 103 Å². The summed E-state index contributed by atoms with van der Waals surface area (Å²) in [6, 6.07) is 5.57. The Kier molecular flexibility index (Phi) is 6.74. The Morgan fingerprint density at radius 2 is 1.84 bits per heavy atom. The zero-order valence-electron chi connectivity index (χ0n) is 18.0. The molecule has 1 heterocycles. The van der Waals surface area contributed by atoms with Crippen molar-refractivity contribution in [3.05, 3.63) is 42.2 Å². The number of aliphatic hydroxyl groups excluding tert-OH is 1. The van der Waals surface area contributed by atoms with E-state index in [9.17, 15) is 19.1 Å². The minimum atomic E-state index is -0.848. The van der Waals surface area contributed by atoms with Crippen molar-refractivity contribution in [3.8, 4) is 5.75 Å². The molecule has 3 N–H and O–H groups in total. The summed E-state index contributed by atoms with van der Waals surface area (Å²) in [6.07, 6.45) is 4.24. The van der Waals surface area contributed by atoms with E-state index in [2.05, 4.69) is 27.8 Å². The maximum Gasteiger partial charge on any atom is 0.233 e. The summed E-state index contributed by atoms with van der Waals surface area (Å²) in [7, 11) is 0. The molecule has 1 aromatic rings. The van der Waals surface area contributed by atoms with Crippen molar-refractivity contribution in [2.75, 3.05) is 32.8 Å². The standard InChI is InChI=1S/C23H29FN4O4/c1-2-25-23(27-12-17(29)13-32-18-7-5-16(24)6-8-18)26-9-10-28-21(30)19-14-3-4-15(11-14)20(19)22(28)31/h3-8,14-15,17,19-20,29H,2,9-13H2,1H3,(H2,25,26,27). The van der Waals surface area contributed by atoms with Crippen molar-refractivity contribution in [2.45, 2.75) is 19.4 Å². The molecular formula is C23H29FN4O4. The Morgan fingerprint density at radius 3 is 2.47 bits per heavy atom. The molecule has 2 aliphatic carbocycles.